The molecule has 0 aromatic heterocycles. The summed E-state index contributed by atoms with van der Waals surface area (Å²) in [5, 5.41) is 0. The smallest absolute Gasteiger partial charge is 0.304 e. The first-order valence-electron chi connectivity index (χ1n) is 7.55. The van der Waals surface area contributed by atoms with Crippen LogP contribution in [-0.2, 0) is 21.7 Å². The van der Waals surface area contributed by atoms with Gasteiger partial charge in [0.1, 0.15) is 0 Å². The molecule has 0 saturated heterocycles. The van der Waals surface area contributed by atoms with E-state index in [9.17, 15) is 0 Å². The van der Waals surface area contributed by atoms with Crippen LogP contribution >= 0.6 is 0 Å². The number of hydrogen-bond donors (Lipinski definition) is 0. The Hall–Kier alpha value is -1.42. The van der Waals surface area contributed by atoms with E-state index in [1.165, 1.54) is 11.1 Å². The molecule has 0 fully saturated rings. The van der Waals surface area contributed by atoms with Gasteiger partial charge in [0.2, 0.25) is 0 Å². The number of rotatable bonds is 8. The van der Waals surface area contributed by atoms with Gasteiger partial charge in [-0.3, -0.25) is 0 Å². The fraction of sp³-hybridized carbons (Fsp3) is 0.333. The van der Waals surface area contributed by atoms with Gasteiger partial charge >= 0.3 is 10.0 Å². The third kappa shape index (κ3) is 6.25. The minimum absolute atomic E-state index is 0.225. The number of benzene rings is 2. The second-order valence-electron chi connectivity index (χ2n) is 5.45. The molecular formula is C18H24O2Si. The Kier molecular flexibility index (Phi) is 6.67. The lowest BCUT2D eigenvalue weighted by molar-refractivity contribution is 0.135. The van der Waals surface area contributed by atoms with Crippen LogP contribution in [0, 0.1) is 0 Å². The normalized spacial score (nSPS) is 14.4. The molecule has 2 aromatic rings. The van der Waals surface area contributed by atoms with Crippen LogP contribution in [0.5, 0.6) is 0 Å². The minimum Gasteiger partial charge on any atom is -0.396 e. The Morgan fingerprint density at radius 2 is 1.10 bits per heavy atom. The van der Waals surface area contributed by atoms with Crippen molar-refractivity contribution in [1.82, 2.24) is 0 Å². The van der Waals surface area contributed by atoms with Crippen molar-refractivity contribution in [2.45, 2.75) is 38.9 Å². The lowest BCUT2D eigenvalue weighted by atomic mass is 10.1. The van der Waals surface area contributed by atoms with Crippen LogP contribution in [0.3, 0.4) is 0 Å². The van der Waals surface area contributed by atoms with E-state index >= 15 is 0 Å². The molecule has 2 aromatic carbocycles. The van der Waals surface area contributed by atoms with E-state index in [0.717, 1.165) is 12.8 Å². The molecule has 0 saturated carbocycles. The summed E-state index contributed by atoms with van der Waals surface area (Å²) < 4.78 is 11.7. The molecule has 0 bridgehead atoms. The lowest BCUT2D eigenvalue weighted by Crippen LogP contribution is -2.21. The summed E-state index contributed by atoms with van der Waals surface area (Å²) in [6.07, 6.45) is 2.35. The van der Waals surface area contributed by atoms with Gasteiger partial charge in [0, 0.05) is 12.2 Å². The summed E-state index contributed by atoms with van der Waals surface area (Å²) in [6, 6.07) is 20.9. The van der Waals surface area contributed by atoms with Crippen molar-refractivity contribution in [3.05, 3.63) is 71.8 Å². The van der Waals surface area contributed by atoms with Gasteiger partial charge in [0.05, 0.1) is 0 Å². The minimum atomic E-state index is -0.915. The SMILES string of the molecule is CC(Cc1ccccc1)O[SiH2]OC(C)Cc1ccccc1. The first-order chi connectivity index (χ1) is 10.2. The van der Waals surface area contributed by atoms with E-state index in [2.05, 4.69) is 62.4 Å². The first-order valence-corrected chi connectivity index (χ1v) is 8.70. The first kappa shape index (κ1) is 16.0. The second-order valence-corrected chi connectivity index (χ2v) is 6.35. The molecule has 0 heterocycles. The largest absolute Gasteiger partial charge is 0.396 e. The van der Waals surface area contributed by atoms with Gasteiger partial charge in [-0.25, -0.2) is 0 Å². The van der Waals surface area contributed by atoms with Crippen molar-refractivity contribution in [2.75, 3.05) is 0 Å². The highest BCUT2D eigenvalue weighted by atomic mass is 28.3. The lowest BCUT2D eigenvalue weighted by Gasteiger charge is -2.17. The third-order valence-corrected chi connectivity index (χ3v) is 4.85. The molecule has 0 spiro atoms. The maximum absolute atomic E-state index is 5.87. The molecule has 0 aliphatic carbocycles. The van der Waals surface area contributed by atoms with Crippen LogP contribution in [-0.4, -0.2) is 22.2 Å². The topological polar surface area (TPSA) is 18.5 Å². The molecule has 21 heavy (non-hydrogen) atoms. The Bertz CT molecular complexity index is 454. The van der Waals surface area contributed by atoms with E-state index in [4.69, 9.17) is 8.85 Å². The monoisotopic (exact) mass is 300 g/mol. The fourth-order valence-electron chi connectivity index (χ4n) is 2.28. The zero-order chi connectivity index (χ0) is 14.9. The van der Waals surface area contributed by atoms with E-state index in [1.54, 1.807) is 0 Å². The fourth-order valence-corrected chi connectivity index (χ4v) is 3.06. The zero-order valence-electron chi connectivity index (χ0n) is 12.9. The van der Waals surface area contributed by atoms with Gasteiger partial charge in [-0.15, -0.1) is 0 Å². The Morgan fingerprint density at radius 3 is 1.48 bits per heavy atom. The van der Waals surface area contributed by atoms with Crippen molar-refractivity contribution in [1.29, 1.82) is 0 Å². The molecule has 0 N–H and O–H groups in total. The molecule has 0 radical (unpaired) electrons. The standard InChI is InChI=1S/C18H24O2Si/c1-15(13-17-9-5-3-6-10-17)19-21-20-16(2)14-18-11-7-4-8-12-18/h3-12,15-16H,13-14,21H2,1-2H3. The van der Waals surface area contributed by atoms with Gasteiger partial charge in [0.25, 0.3) is 0 Å². The predicted molar refractivity (Wildman–Crippen MR) is 89.9 cm³/mol. The average Bonchev–Trinajstić information content (AvgIpc) is 2.49. The summed E-state index contributed by atoms with van der Waals surface area (Å²) in [5.41, 5.74) is 2.63. The maximum atomic E-state index is 5.87. The summed E-state index contributed by atoms with van der Waals surface area (Å²) in [4.78, 5) is 0. The molecule has 112 valence electrons. The highest BCUT2D eigenvalue weighted by Crippen LogP contribution is 2.07. The summed E-state index contributed by atoms with van der Waals surface area (Å²) in [5.74, 6) is 0. The van der Waals surface area contributed by atoms with Crippen LogP contribution in [0.2, 0.25) is 0 Å². The van der Waals surface area contributed by atoms with Crippen LogP contribution < -0.4 is 0 Å². The zero-order valence-corrected chi connectivity index (χ0v) is 14.3. The third-order valence-electron chi connectivity index (χ3n) is 3.44. The van der Waals surface area contributed by atoms with Crippen LogP contribution in [0.25, 0.3) is 0 Å². The van der Waals surface area contributed by atoms with E-state index in [0.29, 0.717) is 0 Å². The predicted octanol–water partition coefficient (Wildman–Crippen LogP) is 3.28. The summed E-state index contributed by atoms with van der Waals surface area (Å²) in [7, 11) is -0.915. The molecule has 0 aliphatic heterocycles. The highest BCUT2D eigenvalue weighted by Gasteiger charge is 2.07. The summed E-state index contributed by atoms with van der Waals surface area (Å²) in [6.45, 7) is 4.23. The van der Waals surface area contributed by atoms with Gasteiger partial charge in [-0.1, -0.05) is 60.7 Å². The van der Waals surface area contributed by atoms with Crippen LogP contribution in [0.4, 0.5) is 0 Å². The van der Waals surface area contributed by atoms with Crippen molar-refractivity contribution in [2.24, 2.45) is 0 Å². The second kappa shape index (κ2) is 8.77. The molecule has 0 aliphatic rings. The molecule has 2 rings (SSSR count). The molecule has 2 nitrogen and oxygen atoms in total. The molecule has 2 unspecified atom stereocenters. The molecule has 3 heteroatoms. The van der Waals surface area contributed by atoms with E-state index < -0.39 is 10.0 Å². The van der Waals surface area contributed by atoms with Crippen molar-refractivity contribution in [3.63, 3.8) is 0 Å². The Morgan fingerprint density at radius 1 is 0.714 bits per heavy atom. The average molecular weight is 300 g/mol. The van der Waals surface area contributed by atoms with Gasteiger partial charge < -0.3 is 8.85 Å². The van der Waals surface area contributed by atoms with Crippen molar-refractivity contribution in [3.8, 4) is 0 Å². The molecular weight excluding hydrogens is 276 g/mol. The maximum Gasteiger partial charge on any atom is 0.304 e. The highest BCUT2D eigenvalue weighted by molar-refractivity contribution is 6.18. The van der Waals surface area contributed by atoms with Gasteiger partial charge in [0.15, 0.2) is 0 Å². The molecule has 2 atom stereocenters. The quantitative estimate of drug-likeness (QED) is 0.697. The summed E-state index contributed by atoms with van der Waals surface area (Å²) >= 11 is 0. The van der Waals surface area contributed by atoms with E-state index in [1.807, 2.05) is 12.1 Å². The van der Waals surface area contributed by atoms with Crippen LogP contribution in [0.1, 0.15) is 25.0 Å². The Balaban J connectivity index is 1.64. The van der Waals surface area contributed by atoms with Crippen molar-refractivity contribution < 1.29 is 8.85 Å². The van der Waals surface area contributed by atoms with Crippen LogP contribution in [0.15, 0.2) is 60.7 Å². The van der Waals surface area contributed by atoms with E-state index in [-0.39, 0.29) is 12.2 Å². The Labute approximate surface area is 130 Å². The molecule has 0 amide bonds. The van der Waals surface area contributed by atoms with Gasteiger partial charge in [-0.2, -0.15) is 0 Å². The van der Waals surface area contributed by atoms with Crippen molar-refractivity contribution >= 4 is 10.0 Å². The number of hydrogen-bond acceptors (Lipinski definition) is 2. The van der Waals surface area contributed by atoms with Gasteiger partial charge in [-0.05, 0) is 37.8 Å².